The summed E-state index contributed by atoms with van der Waals surface area (Å²) in [5.74, 6) is -0.190. The number of hydrogen-bond donors (Lipinski definition) is 2. The molecule has 1 aromatic carbocycles. The van der Waals surface area contributed by atoms with E-state index in [1.165, 1.54) is 0 Å². The zero-order valence-corrected chi connectivity index (χ0v) is 11.7. The zero-order chi connectivity index (χ0) is 14.3. The number of rotatable bonds is 7. The second-order valence-electron chi connectivity index (χ2n) is 4.27. The smallest absolute Gasteiger partial charge is 0.253 e. The Kier molecular flexibility index (Phi) is 6.32. The predicted molar refractivity (Wildman–Crippen MR) is 76.1 cm³/mol. The summed E-state index contributed by atoms with van der Waals surface area (Å²) in [4.78, 5) is 11.9. The standard InChI is InChI=1S/C14H22N2O3/c1-4-18-7-8-19-11(3)14(17)16-13-9-12(15)6-5-10(13)2/h5-6,9,11H,4,7-8,15H2,1-3H3,(H,16,17). The number of amides is 1. The van der Waals surface area contributed by atoms with Crippen molar-refractivity contribution in [2.45, 2.75) is 26.9 Å². The molecule has 1 aromatic rings. The number of ether oxygens (including phenoxy) is 2. The SMILES string of the molecule is CCOCCOC(C)C(=O)Nc1cc(N)ccc1C. The van der Waals surface area contributed by atoms with Crippen LogP contribution < -0.4 is 11.1 Å². The molecule has 0 aliphatic rings. The van der Waals surface area contributed by atoms with E-state index in [1.807, 2.05) is 19.9 Å². The first kappa shape index (κ1) is 15.5. The molecule has 0 heterocycles. The fourth-order valence-corrected chi connectivity index (χ4v) is 1.51. The van der Waals surface area contributed by atoms with Crippen molar-refractivity contribution in [1.29, 1.82) is 0 Å². The van der Waals surface area contributed by atoms with Crippen molar-refractivity contribution < 1.29 is 14.3 Å². The molecule has 1 unspecified atom stereocenters. The van der Waals surface area contributed by atoms with Crippen LogP contribution in [0.3, 0.4) is 0 Å². The number of carbonyl (C=O) groups is 1. The highest BCUT2D eigenvalue weighted by Gasteiger charge is 2.14. The van der Waals surface area contributed by atoms with Crippen molar-refractivity contribution >= 4 is 17.3 Å². The fourth-order valence-electron chi connectivity index (χ4n) is 1.51. The van der Waals surface area contributed by atoms with Gasteiger partial charge in [0.25, 0.3) is 5.91 Å². The zero-order valence-electron chi connectivity index (χ0n) is 11.7. The second-order valence-corrected chi connectivity index (χ2v) is 4.27. The van der Waals surface area contributed by atoms with Crippen LogP contribution in [0.1, 0.15) is 19.4 Å². The molecule has 0 bridgehead atoms. The summed E-state index contributed by atoms with van der Waals surface area (Å²) in [5, 5.41) is 2.81. The van der Waals surface area contributed by atoms with Crippen molar-refractivity contribution in [1.82, 2.24) is 0 Å². The molecular formula is C14H22N2O3. The predicted octanol–water partition coefficient (Wildman–Crippen LogP) is 1.96. The van der Waals surface area contributed by atoms with E-state index in [4.69, 9.17) is 15.2 Å². The lowest BCUT2D eigenvalue weighted by Gasteiger charge is -2.15. The molecule has 1 amide bonds. The molecule has 0 aliphatic carbocycles. The number of aryl methyl sites for hydroxylation is 1. The third-order valence-corrected chi connectivity index (χ3v) is 2.69. The average Bonchev–Trinajstić information content (AvgIpc) is 2.38. The van der Waals surface area contributed by atoms with Gasteiger partial charge in [0.1, 0.15) is 6.10 Å². The van der Waals surface area contributed by atoms with Crippen molar-refractivity contribution in [3.05, 3.63) is 23.8 Å². The van der Waals surface area contributed by atoms with Crippen LogP contribution in [-0.2, 0) is 14.3 Å². The average molecular weight is 266 g/mol. The summed E-state index contributed by atoms with van der Waals surface area (Å²) in [6, 6.07) is 5.40. The Bertz CT molecular complexity index is 421. The Hall–Kier alpha value is -1.59. The van der Waals surface area contributed by atoms with Crippen LogP contribution in [0.25, 0.3) is 0 Å². The molecule has 0 saturated carbocycles. The maximum atomic E-state index is 11.9. The quantitative estimate of drug-likeness (QED) is 0.584. The molecule has 0 aliphatic heterocycles. The third kappa shape index (κ3) is 5.28. The lowest BCUT2D eigenvalue weighted by atomic mass is 10.2. The minimum Gasteiger partial charge on any atom is -0.399 e. The van der Waals surface area contributed by atoms with Crippen LogP contribution in [0, 0.1) is 6.92 Å². The lowest BCUT2D eigenvalue weighted by Crippen LogP contribution is -2.29. The van der Waals surface area contributed by atoms with Crippen LogP contribution in [0.5, 0.6) is 0 Å². The number of benzene rings is 1. The third-order valence-electron chi connectivity index (χ3n) is 2.69. The summed E-state index contributed by atoms with van der Waals surface area (Å²) >= 11 is 0. The maximum absolute atomic E-state index is 11.9. The number of nitrogen functional groups attached to an aromatic ring is 1. The fraction of sp³-hybridized carbons (Fsp3) is 0.500. The lowest BCUT2D eigenvalue weighted by molar-refractivity contribution is -0.127. The van der Waals surface area contributed by atoms with Gasteiger partial charge in [-0.3, -0.25) is 4.79 Å². The molecule has 0 fully saturated rings. The van der Waals surface area contributed by atoms with Gasteiger partial charge in [-0.25, -0.2) is 0 Å². The van der Waals surface area contributed by atoms with Crippen LogP contribution in [0.4, 0.5) is 11.4 Å². The summed E-state index contributed by atoms with van der Waals surface area (Å²) < 4.78 is 10.5. The van der Waals surface area contributed by atoms with Gasteiger partial charge in [0.05, 0.1) is 13.2 Å². The second kappa shape index (κ2) is 7.76. The minimum atomic E-state index is -0.527. The van der Waals surface area contributed by atoms with Gasteiger partial charge in [-0.2, -0.15) is 0 Å². The van der Waals surface area contributed by atoms with Gasteiger partial charge < -0.3 is 20.5 Å². The van der Waals surface area contributed by atoms with Crippen molar-refractivity contribution in [2.75, 3.05) is 30.9 Å². The monoisotopic (exact) mass is 266 g/mol. The highest BCUT2D eigenvalue weighted by molar-refractivity contribution is 5.95. The van der Waals surface area contributed by atoms with Gasteiger partial charge in [-0.15, -0.1) is 0 Å². The van der Waals surface area contributed by atoms with Gasteiger partial charge >= 0.3 is 0 Å². The topological polar surface area (TPSA) is 73.6 Å². The summed E-state index contributed by atoms with van der Waals surface area (Å²) in [5.41, 5.74) is 7.99. The van der Waals surface area contributed by atoms with E-state index < -0.39 is 6.10 Å². The molecule has 0 spiro atoms. The van der Waals surface area contributed by atoms with Gasteiger partial charge in [0.2, 0.25) is 0 Å². The van der Waals surface area contributed by atoms with Crippen LogP contribution >= 0.6 is 0 Å². The van der Waals surface area contributed by atoms with Gasteiger partial charge in [-0.05, 0) is 38.5 Å². The van der Waals surface area contributed by atoms with E-state index in [0.29, 0.717) is 31.2 Å². The minimum absolute atomic E-state index is 0.190. The Morgan fingerprint density at radius 3 is 2.84 bits per heavy atom. The summed E-state index contributed by atoms with van der Waals surface area (Å²) in [7, 11) is 0. The normalized spacial score (nSPS) is 12.2. The van der Waals surface area contributed by atoms with Gasteiger partial charge in [0.15, 0.2) is 0 Å². The Morgan fingerprint density at radius 1 is 1.42 bits per heavy atom. The van der Waals surface area contributed by atoms with E-state index in [2.05, 4.69) is 5.32 Å². The van der Waals surface area contributed by atoms with Crippen LogP contribution in [-0.4, -0.2) is 31.8 Å². The number of hydrogen-bond acceptors (Lipinski definition) is 4. The highest BCUT2D eigenvalue weighted by Crippen LogP contribution is 2.18. The molecule has 5 heteroatoms. The van der Waals surface area contributed by atoms with Crippen molar-refractivity contribution in [3.8, 4) is 0 Å². The highest BCUT2D eigenvalue weighted by atomic mass is 16.5. The summed E-state index contributed by atoms with van der Waals surface area (Å²) in [6.07, 6.45) is -0.527. The Balaban J connectivity index is 2.47. The molecule has 1 rings (SSSR count). The largest absolute Gasteiger partial charge is 0.399 e. The molecule has 19 heavy (non-hydrogen) atoms. The van der Waals surface area contributed by atoms with Crippen LogP contribution in [0.2, 0.25) is 0 Å². The molecule has 106 valence electrons. The number of anilines is 2. The Morgan fingerprint density at radius 2 is 2.16 bits per heavy atom. The molecule has 0 radical (unpaired) electrons. The van der Waals surface area contributed by atoms with E-state index >= 15 is 0 Å². The van der Waals surface area contributed by atoms with E-state index in [1.54, 1.807) is 19.1 Å². The molecule has 0 saturated heterocycles. The molecule has 5 nitrogen and oxygen atoms in total. The van der Waals surface area contributed by atoms with E-state index in [0.717, 1.165) is 5.56 Å². The van der Waals surface area contributed by atoms with E-state index in [-0.39, 0.29) is 5.91 Å². The van der Waals surface area contributed by atoms with Gasteiger partial charge in [0, 0.05) is 18.0 Å². The number of nitrogens with two attached hydrogens (primary N) is 1. The van der Waals surface area contributed by atoms with Gasteiger partial charge in [-0.1, -0.05) is 6.07 Å². The Labute approximate surface area is 114 Å². The first-order valence-corrected chi connectivity index (χ1v) is 6.41. The first-order chi connectivity index (χ1) is 9.04. The number of nitrogens with one attached hydrogen (secondary N) is 1. The van der Waals surface area contributed by atoms with E-state index in [9.17, 15) is 4.79 Å². The first-order valence-electron chi connectivity index (χ1n) is 6.41. The molecular weight excluding hydrogens is 244 g/mol. The molecule has 0 aromatic heterocycles. The van der Waals surface area contributed by atoms with Crippen LogP contribution in [0.15, 0.2) is 18.2 Å². The molecule has 3 N–H and O–H groups in total. The van der Waals surface area contributed by atoms with Crippen molar-refractivity contribution in [2.24, 2.45) is 0 Å². The maximum Gasteiger partial charge on any atom is 0.253 e. The molecule has 1 atom stereocenters. The summed E-state index contributed by atoms with van der Waals surface area (Å²) in [6.45, 7) is 7.08. The van der Waals surface area contributed by atoms with Crippen molar-refractivity contribution in [3.63, 3.8) is 0 Å². The number of carbonyl (C=O) groups excluding carboxylic acids is 1.